The number of aliphatic imine (C=N–C) groups is 1. The Hall–Kier alpha value is -1.81. The lowest BCUT2D eigenvalue weighted by molar-refractivity contribution is -0.137. The van der Waals surface area contributed by atoms with Gasteiger partial charge in [-0.25, -0.2) is 0 Å². The van der Waals surface area contributed by atoms with Gasteiger partial charge in [0.05, 0.1) is 5.56 Å². The molecule has 4 nitrogen and oxygen atoms in total. The highest BCUT2D eigenvalue weighted by molar-refractivity contribution is 14.0. The van der Waals surface area contributed by atoms with E-state index in [-0.39, 0.29) is 24.0 Å². The van der Waals surface area contributed by atoms with Gasteiger partial charge in [0.25, 0.3) is 0 Å². The molecule has 0 fully saturated rings. The fraction of sp³-hybridized carbons (Fsp3) is 0.350. The van der Waals surface area contributed by atoms with Crippen molar-refractivity contribution < 1.29 is 13.2 Å². The Morgan fingerprint density at radius 3 is 2.04 bits per heavy atom. The molecule has 0 amide bonds. The molecule has 0 atom stereocenters. The Morgan fingerprint density at radius 2 is 1.50 bits per heavy atom. The highest BCUT2D eigenvalue weighted by atomic mass is 127. The molecule has 2 N–H and O–H groups in total. The van der Waals surface area contributed by atoms with Gasteiger partial charge in [0, 0.05) is 26.7 Å². The number of benzene rings is 2. The van der Waals surface area contributed by atoms with Crippen LogP contribution < -0.4 is 10.6 Å². The van der Waals surface area contributed by atoms with Crippen molar-refractivity contribution in [1.82, 2.24) is 15.5 Å². The Labute approximate surface area is 181 Å². The molecule has 0 heterocycles. The van der Waals surface area contributed by atoms with E-state index in [1.54, 1.807) is 7.05 Å². The van der Waals surface area contributed by atoms with Gasteiger partial charge in [-0.15, -0.1) is 24.0 Å². The minimum absolute atomic E-state index is 0. The monoisotopic (exact) mass is 506 g/mol. The van der Waals surface area contributed by atoms with Crippen molar-refractivity contribution in [1.29, 1.82) is 0 Å². The van der Waals surface area contributed by atoms with Crippen LogP contribution >= 0.6 is 24.0 Å². The van der Waals surface area contributed by atoms with Gasteiger partial charge in [0.15, 0.2) is 5.96 Å². The first-order chi connectivity index (χ1) is 12.8. The first-order valence-electron chi connectivity index (χ1n) is 8.61. The highest BCUT2D eigenvalue weighted by Crippen LogP contribution is 2.29. The molecule has 0 aliphatic carbocycles. The summed E-state index contributed by atoms with van der Waals surface area (Å²) < 4.78 is 37.8. The van der Waals surface area contributed by atoms with Crippen molar-refractivity contribution in [2.75, 3.05) is 21.1 Å². The Kier molecular flexibility index (Phi) is 9.74. The zero-order chi connectivity index (χ0) is 19.9. The van der Waals surface area contributed by atoms with Gasteiger partial charge >= 0.3 is 6.18 Å². The summed E-state index contributed by atoms with van der Waals surface area (Å²) in [4.78, 5) is 6.28. The molecule has 2 rings (SSSR count). The van der Waals surface area contributed by atoms with Crippen molar-refractivity contribution in [2.45, 2.75) is 25.8 Å². The number of nitrogens with one attached hydrogen (secondary N) is 2. The van der Waals surface area contributed by atoms with Crippen LogP contribution in [0, 0.1) is 0 Å². The van der Waals surface area contributed by atoms with Crippen LogP contribution in [0.15, 0.2) is 53.5 Å². The summed E-state index contributed by atoms with van der Waals surface area (Å²) in [5.41, 5.74) is 2.50. The van der Waals surface area contributed by atoms with Crippen LogP contribution in [-0.4, -0.2) is 32.0 Å². The third-order valence-corrected chi connectivity index (χ3v) is 4.02. The largest absolute Gasteiger partial charge is 0.416 e. The molecule has 2 aromatic rings. The Bertz CT molecular complexity index is 759. The molecule has 0 saturated heterocycles. The normalized spacial score (nSPS) is 11.9. The molecule has 0 radical (unpaired) electrons. The maximum Gasteiger partial charge on any atom is 0.416 e. The lowest BCUT2D eigenvalue weighted by Gasteiger charge is -2.16. The van der Waals surface area contributed by atoms with Crippen LogP contribution in [0.25, 0.3) is 0 Å². The maximum absolute atomic E-state index is 12.6. The summed E-state index contributed by atoms with van der Waals surface area (Å²) in [6.45, 7) is 1.84. The van der Waals surface area contributed by atoms with Gasteiger partial charge < -0.3 is 15.5 Å². The standard InChI is InChI=1S/C20H25F3N4.HI/c1-24-19(25-12-15-8-10-18(11-9-15)20(21,22)23)26-13-16-6-4-5-7-17(16)14-27(2)3;/h4-11H,12-14H2,1-3H3,(H2,24,25,26);1H. The molecule has 28 heavy (non-hydrogen) atoms. The number of guanidine groups is 1. The smallest absolute Gasteiger partial charge is 0.352 e. The van der Waals surface area contributed by atoms with Crippen LogP contribution in [0.1, 0.15) is 22.3 Å². The lowest BCUT2D eigenvalue weighted by Crippen LogP contribution is -2.36. The maximum atomic E-state index is 12.6. The third-order valence-electron chi connectivity index (χ3n) is 4.02. The SMILES string of the molecule is CN=C(NCc1ccc(C(F)(F)F)cc1)NCc1ccccc1CN(C)C.I. The van der Waals surface area contributed by atoms with E-state index in [0.29, 0.717) is 19.0 Å². The minimum atomic E-state index is -4.32. The summed E-state index contributed by atoms with van der Waals surface area (Å²) in [7, 11) is 5.71. The molecule has 2 aromatic carbocycles. The molecule has 0 aromatic heterocycles. The van der Waals surface area contributed by atoms with E-state index in [0.717, 1.165) is 24.2 Å². The van der Waals surface area contributed by atoms with Gasteiger partial charge in [0.2, 0.25) is 0 Å². The molecule has 154 valence electrons. The second-order valence-electron chi connectivity index (χ2n) is 6.48. The first kappa shape index (κ1) is 24.2. The summed E-state index contributed by atoms with van der Waals surface area (Å²) in [6.07, 6.45) is -4.32. The first-order valence-corrected chi connectivity index (χ1v) is 8.61. The fourth-order valence-corrected chi connectivity index (χ4v) is 2.62. The van der Waals surface area contributed by atoms with Crippen molar-refractivity contribution in [3.8, 4) is 0 Å². The number of rotatable bonds is 6. The predicted molar refractivity (Wildman–Crippen MR) is 118 cm³/mol. The van der Waals surface area contributed by atoms with E-state index in [1.807, 2.05) is 26.2 Å². The predicted octanol–water partition coefficient (Wildman–Crippen LogP) is 4.25. The van der Waals surface area contributed by atoms with Crippen LogP contribution in [0.4, 0.5) is 13.2 Å². The molecule has 0 saturated carbocycles. The van der Waals surface area contributed by atoms with Gasteiger partial charge in [0.1, 0.15) is 0 Å². The lowest BCUT2D eigenvalue weighted by atomic mass is 10.1. The van der Waals surface area contributed by atoms with E-state index in [2.05, 4.69) is 32.7 Å². The van der Waals surface area contributed by atoms with E-state index in [1.165, 1.54) is 23.3 Å². The van der Waals surface area contributed by atoms with Crippen molar-refractivity contribution in [2.24, 2.45) is 4.99 Å². The average molecular weight is 506 g/mol. The molecule has 0 bridgehead atoms. The van der Waals surface area contributed by atoms with E-state index < -0.39 is 11.7 Å². The Morgan fingerprint density at radius 1 is 0.929 bits per heavy atom. The van der Waals surface area contributed by atoms with Crippen LogP contribution in [0.5, 0.6) is 0 Å². The number of hydrogen-bond donors (Lipinski definition) is 2. The fourth-order valence-electron chi connectivity index (χ4n) is 2.62. The highest BCUT2D eigenvalue weighted by Gasteiger charge is 2.29. The topological polar surface area (TPSA) is 39.7 Å². The van der Waals surface area contributed by atoms with Crippen LogP contribution in [-0.2, 0) is 25.8 Å². The van der Waals surface area contributed by atoms with Crippen LogP contribution in [0.2, 0.25) is 0 Å². The number of hydrogen-bond acceptors (Lipinski definition) is 2. The van der Waals surface area contributed by atoms with Gasteiger partial charge in [-0.3, -0.25) is 4.99 Å². The molecule has 0 spiro atoms. The van der Waals surface area contributed by atoms with Crippen molar-refractivity contribution in [3.05, 3.63) is 70.8 Å². The zero-order valence-corrected chi connectivity index (χ0v) is 18.5. The molecule has 0 aliphatic rings. The zero-order valence-electron chi connectivity index (χ0n) is 16.2. The summed E-state index contributed by atoms with van der Waals surface area (Å²) in [5, 5.41) is 6.37. The van der Waals surface area contributed by atoms with Gasteiger partial charge in [-0.05, 0) is 42.9 Å². The second-order valence-corrected chi connectivity index (χ2v) is 6.48. The van der Waals surface area contributed by atoms with Crippen LogP contribution in [0.3, 0.4) is 0 Å². The third kappa shape index (κ3) is 7.67. The molecule has 0 aliphatic heterocycles. The van der Waals surface area contributed by atoms with E-state index in [9.17, 15) is 13.2 Å². The minimum Gasteiger partial charge on any atom is -0.352 e. The summed E-state index contributed by atoms with van der Waals surface area (Å²) >= 11 is 0. The second kappa shape index (κ2) is 11.3. The van der Waals surface area contributed by atoms with Crippen molar-refractivity contribution >= 4 is 29.9 Å². The Balaban J connectivity index is 0.00000392. The molecule has 0 unspecified atom stereocenters. The van der Waals surface area contributed by atoms with E-state index >= 15 is 0 Å². The average Bonchev–Trinajstić information content (AvgIpc) is 2.62. The molecular weight excluding hydrogens is 480 g/mol. The number of halogens is 4. The van der Waals surface area contributed by atoms with Crippen molar-refractivity contribution in [3.63, 3.8) is 0 Å². The quantitative estimate of drug-likeness (QED) is 0.350. The summed E-state index contributed by atoms with van der Waals surface area (Å²) in [5.74, 6) is 0.592. The summed E-state index contributed by atoms with van der Waals surface area (Å²) in [6, 6.07) is 13.3. The number of alkyl halides is 3. The van der Waals surface area contributed by atoms with Gasteiger partial charge in [-0.1, -0.05) is 36.4 Å². The molecule has 8 heteroatoms. The van der Waals surface area contributed by atoms with Gasteiger partial charge in [-0.2, -0.15) is 13.2 Å². The van der Waals surface area contributed by atoms with E-state index in [4.69, 9.17) is 0 Å². The molecular formula is C20H26F3IN4. The number of nitrogens with zero attached hydrogens (tertiary/aromatic N) is 2.